The van der Waals surface area contributed by atoms with Crippen molar-refractivity contribution in [3.8, 4) is 11.8 Å². The number of carbonyl (C=O) groups excluding carboxylic acids is 1. The molecule has 3 aromatic carbocycles. The standard InChI is InChI=1S/C28H21F3N2O/c1-18-9-10-21(16-25(18)28(29,30)31)15-23(34)14-20-6-4-5-19(13-20)11-12-22-17-27(32)33-26-8-3-2-7-24(22)26/h2-10,13,16-17H,14-15H2,1H3,(H2,32,33). The number of para-hydroxylation sites is 1. The summed E-state index contributed by atoms with van der Waals surface area (Å²) in [5.74, 6) is 6.44. The summed E-state index contributed by atoms with van der Waals surface area (Å²) in [7, 11) is 0. The second kappa shape index (κ2) is 9.40. The normalized spacial score (nSPS) is 11.2. The van der Waals surface area contributed by atoms with E-state index >= 15 is 0 Å². The molecule has 0 saturated carbocycles. The SMILES string of the molecule is Cc1ccc(CC(=O)Cc2cccc(C#Cc3cc(N)nc4ccccc34)c2)cc1C(F)(F)F. The molecule has 0 radical (unpaired) electrons. The van der Waals surface area contributed by atoms with E-state index < -0.39 is 11.7 Å². The number of rotatable bonds is 4. The second-order valence-corrected chi connectivity index (χ2v) is 8.10. The van der Waals surface area contributed by atoms with E-state index in [0.29, 0.717) is 11.4 Å². The van der Waals surface area contributed by atoms with Crippen molar-refractivity contribution in [3.05, 3.63) is 106 Å². The van der Waals surface area contributed by atoms with E-state index in [-0.39, 0.29) is 24.2 Å². The monoisotopic (exact) mass is 458 g/mol. The topological polar surface area (TPSA) is 56.0 Å². The van der Waals surface area contributed by atoms with Crippen LogP contribution in [0.3, 0.4) is 0 Å². The van der Waals surface area contributed by atoms with E-state index in [4.69, 9.17) is 5.73 Å². The number of halogens is 3. The highest BCUT2D eigenvalue weighted by atomic mass is 19.4. The Balaban J connectivity index is 1.51. The molecular formula is C28H21F3N2O. The Bertz CT molecular complexity index is 1450. The van der Waals surface area contributed by atoms with Crippen molar-refractivity contribution in [2.45, 2.75) is 25.9 Å². The molecule has 1 aromatic heterocycles. The third-order valence-corrected chi connectivity index (χ3v) is 5.41. The van der Waals surface area contributed by atoms with Crippen molar-refractivity contribution in [3.63, 3.8) is 0 Å². The van der Waals surface area contributed by atoms with Gasteiger partial charge in [-0.2, -0.15) is 13.2 Å². The lowest BCUT2D eigenvalue weighted by Gasteiger charge is -2.12. The lowest BCUT2D eigenvalue weighted by Crippen LogP contribution is -2.11. The number of ketones is 1. The summed E-state index contributed by atoms with van der Waals surface area (Å²) in [5.41, 5.74) is 8.66. The largest absolute Gasteiger partial charge is 0.416 e. The molecule has 0 aliphatic heterocycles. The number of aromatic nitrogens is 1. The summed E-state index contributed by atoms with van der Waals surface area (Å²) in [5, 5.41) is 0.895. The fraction of sp³-hybridized carbons (Fsp3) is 0.143. The first-order valence-electron chi connectivity index (χ1n) is 10.6. The van der Waals surface area contributed by atoms with E-state index in [1.165, 1.54) is 13.0 Å². The fourth-order valence-corrected chi connectivity index (χ4v) is 3.80. The maximum absolute atomic E-state index is 13.2. The number of hydrogen-bond acceptors (Lipinski definition) is 3. The molecule has 170 valence electrons. The first-order valence-corrected chi connectivity index (χ1v) is 10.6. The molecule has 6 heteroatoms. The zero-order valence-electron chi connectivity index (χ0n) is 18.4. The molecule has 34 heavy (non-hydrogen) atoms. The zero-order chi connectivity index (χ0) is 24.3. The van der Waals surface area contributed by atoms with Gasteiger partial charge in [0.05, 0.1) is 11.1 Å². The molecule has 2 N–H and O–H groups in total. The highest BCUT2D eigenvalue weighted by molar-refractivity contribution is 5.87. The summed E-state index contributed by atoms with van der Waals surface area (Å²) in [4.78, 5) is 16.9. The van der Waals surface area contributed by atoms with Gasteiger partial charge in [0, 0.05) is 29.4 Å². The number of carbonyl (C=O) groups is 1. The van der Waals surface area contributed by atoms with Gasteiger partial charge in [-0.3, -0.25) is 4.79 Å². The molecule has 0 amide bonds. The fourth-order valence-electron chi connectivity index (χ4n) is 3.80. The third-order valence-electron chi connectivity index (χ3n) is 5.41. The number of benzene rings is 3. The highest BCUT2D eigenvalue weighted by Gasteiger charge is 2.32. The Morgan fingerprint density at radius 1 is 0.912 bits per heavy atom. The smallest absolute Gasteiger partial charge is 0.384 e. The molecule has 0 saturated heterocycles. The van der Waals surface area contributed by atoms with Crippen LogP contribution >= 0.6 is 0 Å². The minimum absolute atomic E-state index is 0.0679. The van der Waals surface area contributed by atoms with E-state index in [1.807, 2.05) is 36.4 Å². The predicted molar refractivity (Wildman–Crippen MR) is 127 cm³/mol. The Morgan fingerprint density at radius 2 is 1.65 bits per heavy atom. The van der Waals surface area contributed by atoms with Crippen LogP contribution in [-0.2, 0) is 23.8 Å². The molecule has 0 aliphatic carbocycles. The van der Waals surface area contributed by atoms with Crippen LogP contribution in [0.15, 0.2) is 72.8 Å². The van der Waals surface area contributed by atoms with Crippen LogP contribution in [0.5, 0.6) is 0 Å². The molecule has 0 unspecified atom stereocenters. The Morgan fingerprint density at radius 3 is 2.41 bits per heavy atom. The molecule has 0 aliphatic rings. The van der Waals surface area contributed by atoms with Crippen LogP contribution in [0.2, 0.25) is 0 Å². The van der Waals surface area contributed by atoms with Crippen molar-refractivity contribution >= 4 is 22.5 Å². The van der Waals surface area contributed by atoms with Crippen LogP contribution in [0, 0.1) is 18.8 Å². The number of fused-ring (bicyclic) bond motifs is 1. The number of anilines is 1. The molecule has 0 bridgehead atoms. The van der Waals surface area contributed by atoms with Crippen molar-refractivity contribution in [1.82, 2.24) is 4.98 Å². The number of alkyl halides is 3. The number of nitrogen functional groups attached to an aromatic ring is 1. The maximum Gasteiger partial charge on any atom is 0.416 e. The Kier molecular flexibility index (Phi) is 6.38. The van der Waals surface area contributed by atoms with Crippen LogP contribution < -0.4 is 5.73 Å². The number of Topliss-reactive ketones (excluding diaryl/α,β-unsaturated/α-hetero) is 1. The lowest BCUT2D eigenvalue weighted by molar-refractivity contribution is -0.138. The summed E-state index contributed by atoms with van der Waals surface area (Å²) in [6.45, 7) is 1.41. The minimum Gasteiger partial charge on any atom is -0.384 e. The summed E-state index contributed by atoms with van der Waals surface area (Å²) in [6.07, 6.45) is -4.40. The maximum atomic E-state index is 13.2. The first-order chi connectivity index (χ1) is 16.2. The second-order valence-electron chi connectivity index (χ2n) is 8.10. The molecule has 0 atom stereocenters. The van der Waals surface area contributed by atoms with Gasteiger partial charge in [-0.25, -0.2) is 4.98 Å². The highest BCUT2D eigenvalue weighted by Crippen LogP contribution is 2.32. The molecular weight excluding hydrogens is 437 g/mol. The van der Waals surface area contributed by atoms with Gasteiger partial charge in [0.25, 0.3) is 0 Å². The van der Waals surface area contributed by atoms with Crippen LogP contribution in [0.1, 0.15) is 33.4 Å². The number of nitrogens with two attached hydrogens (primary N) is 1. The number of hydrogen-bond donors (Lipinski definition) is 1. The molecule has 4 rings (SSSR count). The first kappa shape index (κ1) is 23.1. The molecule has 1 heterocycles. The van der Waals surface area contributed by atoms with Gasteiger partial charge in [-0.05, 0) is 53.9 Å². The average Bonchev–Trinajstić information content (AvgIpc) is 2.78. The average molecular weight is 458 g/mol. The molecule has 0 fully saturated rings. The van der Waals surface area contributed by atoms with Crippen molar-refractivity contribution in [2.24, 2.45) is 0 Å². The zero-order valence-corrected chi connectivity index (χ0v) is 18.4. The molecule has 0 spiro atoms. The minimum atomic E-state index is -4.44. The van der Waals surface area contributed by atoms with Crippen LogP contribution in [0.25, 0.3) is 10.9 Å². The summed E-state index contributed by atoms with van der Waals surface area (Å²) in [6, 6.07) is 20.6. The van der Waals surface area contributed by atoms with E-state index in [0.717, 1.165) is 33.7 Å². The van der Waals surface area contributed by atoms with Crippen molar-refractivity contribution in [2.75, 3.05) is 5.73 Å². The third kappa shape index (κ3) is 5.44. The van der Waals surface area contributed by atoms with Gasteiger partial charge in [-0.1, -0.05) is 54.3 Å². The van der Waals surface area contributed by atoms with Gasteiger partial charge in [0.2, 0.25) is 0 Å². The van der Waals surface area contributed by atoms with Gasteiger partial charge in [-0.15, -0.1) is 0 Å². The Hall–Kier alpha value is -4.11. The number of aryl methyl sites for hydroxylation is 1. The summed E-state index contributed by atoms with van der Waals surface area (Å²) >= 11 is 0. The molecule has 4 aromatic rings. The van der Waals surface area contributed by atoms with Gasteiger partial charge in [0.1, 0.15) is 11.6 Å². The van der Waals surface area contributed by atoms with E-state index in [1.54, 1.807) is 24.3 Å². The van der Waals surface area contributed by atoms with Crippen LogP contribution in [0.4, 0.5) is 19.0 Å². The Labute approximate surface area is 195 Å². The van der Waals surface area contributed by atoms with Gasteiger partial charge < -0.3 is 5.73 Å². The van der Waals surface area contributed by atoms with Gasteiger partial charge >= 0.3 is 6.18 Å². The quantitative estimate of drug-likeness (QED) is 0.388. The van der Waals surface area contributed by atoms with Crippen LogP contribution in [-0.4, -0.2) is 10.8 Å². The van der Waals surface area contributed by atoms with E-state index in [2.05, 4.69) is 16.8 Å². The molecule has 3 nitrogen and oxygen atoms in total. The van der Waals surface area contributed by atoms with Gasteiger partial charge in [0.15, 0.2) is 0 Å². The predicted octanol–water partition coefficient (Wildman–Crippen LogP) is 5.90. The summed E-state index contributed by atoms with van der Waals surface area (Å²) < 4.78 is 39.5. The van der Waals surface area contributed by atoms with Crippen molar-refractivity contribution < 1.29 is 18.0 Å². The lowest BCUT2D eigenvalue weighted by atomic mass is 9.98. The number of nitrogens with zero attached hydrogens (tertiary/aromatic N) is 1. The number of pyridine rings is 1. The van der Waals surface area contributed by atoms with Crippen molar-refractivity contribution in [1.29, 1.82) is 0 Å². The van der Waals surface area contributed by atoms with E-state index in [9.17, 15) is 18.0 Å².